The lowest BCUT2D eigenvalue weighted by Crippen LogP contribution is -2.13. The van der Waals surface area contributed by atoms with Gasteiger partial charge < -0.3 is 0 Å². The van der Waals surface area contributed by atoms with Crippen molar-refractivity contribution in [2.75, 3.05) is 0 Å². The van der Waals surface area contributed by atoms with E-state index in [-0.39, 0.29) is 0 Å². The van der Waals surface area contributed by atoms with Crippen LogP contribution in [0.2, 0.25) is 0 Å². The van der Waals surface area contributed by atoms with Crippen molar-refractivity contribution < 1.29 is 0 Å². The number of rotatable bonds is 0. The van der Waals surface area contributed by atoms with Crippen LogP contribution in [-0.2, 0) is 0 Å². The molecule has 0 bridgehead atoms. The average Bonchev–Trinajstić information content (AvgIpc) is 2.61. The molecule has 0 heteroatoms. The highest BCUT2D eigenvalue weighted by atomic mass is 14.5. The highest BCUT2D eigenvalue weighted by Gasteiger charge is 2.44. The van der Waals surface area contributed by atoms with Gasteiger partial charge in [-0.3, -0.25) is 0 Å². The maximum absolute atomic E-state index is 1.62. The predicted molar refractivity (Wildman–Crippen MR) is 55.5 cm³/mol. The quantitative estimate of drug-likeness (QED) is 0.526. The zero-order chi connectivity index (χ0) is 8.67. The fourth-order valence-corrected chi connectivity index (χ4v) is 4.58. The fraction of sp³-hybridized carbons (Fsp3) is 1.00. The van der Waals surface area contributed by atoms with Crippen molar-refractivity contribution in [2.24, 2.45) is 23.7 Å². The number of fused-ring (bicyclic) bond motifs is 3. The maximum Gasteiger partial charge on any atom is -0.0355 e. The maximum atomic E-state index is 1.62. The van der Waals surface area contributed by atoms with Gasteiger partial charge in [0.05, 0.1) is 0 Å². The second-order valence-electron chi connectivity index (χ2n) is 5.65. The van der Waals surface area contributed by atoms with Gasteiger partial charge in [0, 0.05) is 0 Å². The van der Waals surface area contributed by atoms with Crippen molar-refractivity contribution in [1.29, 1.82) is 0 Å². The van der Waals surface area contributed by atoms with Gasteiger partial charge in [-0.1, -0.05) is 38.5 Å². The molecule has 0 N–H and O–H groups in total. The van der Waals surface area contributed by atoms with Crippen LogP contribution < -0.4 is 0 Å². The van der Waals surface area contributed by atoms with Gasteiger partial charge >= 0.3 is 0 Å². The molecule has 0 nitrogen and oxygen atoms in total. The molecule has 0 aromatic rings. The average molecular weight is 178 g/mol. The van der Waals surface area contributed by atoms with E-state index in [2.05, 4.69) is 0 Å². The van der Waals surface area contributed by atoms with Gasteiger partial charge in [-0.05, 0) is 42.9 Å². The van der Waals surface area contributed by atoms with Crippen molar-refractivity contribution in [3.8, 4) is 0 Å². The van der Waals surface area contributed by atoms with Gasteiger partial charge in [-0.2, -0.15) is 0 Å². The zero-order valence-corrected chi connectivity index (χ0v) is 8.67. The van der Waals surface area contributed by atoms with E-state index < -0.39 is 0 Å². The highest BCUT2D eigenvalue weighted by Crippen LogP contribution is 2.54. The monoisotopic (exact) mass is 178 g/mol. The first-order valence-corrected chi connectivity index (χ1v) is 6.45. The summed E-state index contributed by atoms with van der Waals surface area (Å²) in [5.74, 6) is 4.70. The molecule has 0 amide bonds. The van der Waals surface area contributed by atoms with E-state index in [9.17, 15) is 0 Å². The second-order valence-corrected chi connectivity index (χ2v) is 5.65. The summed E-state index contributed by atoms with van der Waals surface area (Å²) in [5.41, 5.74) is 0. The summed E-state index contributed by atoms with van der Waals surface area (Å²) in [6.45, 7) is 0. The molecule has 0 saturated heterocycles. The minimum absolute atomic E-state index is 1.16. The Balaban J connectivity index is 1.77. The molecule has 4 atom stereocenters. The van der Waals surface area contributed by atoms with Crippen molar-refractivity contribution >= 4 is 0 Å². The summed E-state index contributed by atoms with van der Waals surface area (Å²) >= 11 is 0. The minimum Gasteiger partial charge on any atom is -0.0533 e. The number of hydrogen-bond donors (Lipinski definition) is 0. The Morgan fingerprint density at radius 3 is 2.00 bits per heavy atom. The molecule has 3 rings (SSSR count). The van der Waals surface area contributed by atoms with E-state index in [0.717, 1.165) is 5.92 Å². The smallest absolute Gasteiger partial charge is 0.0355 e. The second kappa shape index (κ2) is 3.29. The van der Waals surface area contributed by atoms with Crippen LogP contribution in [0.15, 0.2) is 0 Å². The van der Waals surface area contributed by atoms with Crippen LogP contribution in [0.4, 0.5) is 0 Å². The summed E-state index contributed by atoms with van der Waals surface area (Å²) < 4.78 is 0. The summed E-state index contributed by atoms with van der Waals surface area (Å²) in [5, 5.41) is 0. The Morgan fingerprint density at radius 2 is 1.15 bits per heavy atom. The molecule has 4 unspecified atom stereocenters. The topological polar surface area (TPSA) is 0 Å². The van der Waals surface area contributed by atoms with Gasteiger partial charge in [-0.25, -0.2) is 0 Å². The third kappa shape index (κ3) is 1.33. The molecule has 0 aromatic carbocycles. The molecule has 0 heterocycles. The van der Waals surface area contributed by atoms with Gasteiger partial charge in [0.1, 0.15) is 0 Å². The fourth-order valence-electron chi connectivity index (χ4n) is 4.58. The van der Waals surface area contributed by atoms with Crippen molar-refractivity contribution in [2.45, 2.75) is 57.8 Å². The molecule has 3 saturated carbocycles. The zero-order valence-electron chi connectivity index (χ0n) is 8.67. The van der Waals surface area contributed by atoms with Crippen LogP contribution in [0.25, 0.3) is 0 Å². The molecule has 3 aliphatic rings. The Labute approximate surface area is 82.1 Å². The van der Waals surface area contributed by atoms with Crippen molar-refractivity contribution in [3.63, 3.8) is 0 Å². The third-order valence-electron chi connectivity index (χ3n) is 5.09. The van der Waals surface area contributed by atoms with Crippen LogP contribution in [-0.4, -0.2) is 0 Å². The highest BCUT2D eigenvalue weighted by molar-refractivity contribution is 4.94. The van der Waals surface area contributed by atoms with Crippen molar-refractivity contribution in [1.82, 2.24) is 0 Å². The summed E-state index contributed by atoms with van der Waals surface area (Å²) in [6, 6.07) is 0. The first-order valence-electron chi connectivity index (χ1n) is 6.45. The largest absolute Gasteiger partial charge is 0.0533 e. The molecule has 0 aliphatic heterocycles. The first kappa shape index (κ1) is 8.32. The Hall–Kier alpha value is 0. The minimum atomic E-state index is 1.16. The molecule has 0 aromatic heterocycles. The van der Waals surface area contributed by atoms with E-state index in [1.54, 1.807) is 51.4 Å². The molecule has 0 spiro atoms. The molecule has 0 radical (unpaired) electrons. The van der Waals surface area contributed by atoms with E-state index >= 15 is 0 Å². The molecule has 3 fully saturated rings. The van der Waals surface area contributed by atoms with E-state index in [4.69, 9.17) is 0 Å². The van der Waals surface area contributed by atoms with Gasteiger partial charge in [0.15, 0.2) is 0 Å². The van der Waals surface area contributed by atoms with Crippen LogP contribution in [0.3, 0.4) is 0 Å². The standard InChI is InChI=1S/C13H22/c1-2-5-10-9-11-6-4-8-13(11)12(10)7-3-1/h10-13H,1-9H2. The van der Waals surface area contributed by atoms with Crippen LogP contribution in [0.1, 0.15) is 57.8 Å². The summed E-state index contributed by atoms with van der Waals surface area (Å²) in [6.07, 6.45) is 14.1. The first-order chi connectivity index (χ1) is 6.45. The van der Waals surface area contributed by atoms with Crippen LogP contribution in [0.5, 0.6) is 0 Å². The van der Waals surface area contributed by atoms with E-state index in [1.807, 2.05) is 0 Å². The van der Waals surface area contributed by atoms with Crippen LogP contribution >= 0.6 is 0 Å². The number of hydrogen-bond acceptors (Lipinski definition) is 0. The van der Waals surface area contributed by atoms with E-state index in [1.165, 1.54) is 24.2 Å². The lowest BCUT2D eigenvalue weighted by Gasteiger charge is -2.21. The lowest BCUT2D eigenvalue weighted by atomic mass is 9.84. The summed E-state index contributed by atoms with van der Waals surface area (Å²) in [7, 11) is 0. The predicted octanol–water partition coefficient (Wildman–Crippen LogP) is 4.00. The van der Waals surface area contributed by atoms with Crippen LogP contribution in [0, 0.1) is 23.7 Å². The van der Waals surface area contributed by atoms with Gasteiger partial charge in [0.2, 0.25) is 0 Å². The van der Waals surface area contributed by atoms with E-state index in [0.29, 0.717) is 0 Å². The Bertz CT molecular complexity index is 184. The van der Waals surface area contributed by atoms with Gasteiger partial charge in [-0.15, -0.1) is 0 Å². The molecule has 3 aliphatic carbocycles. The SMILES string of the molecule is C1CCC2CC3CCCC3C2CC1. The Kier molecular flexibility index (Phi) is 2.11. The van der Waals surface area contributed by atoms with Gasteiger partial charge in [0.25, 0.3) is 0 Å². The van der Waals surface area contributed by atoms with Crippen molar-refractivity contribution in [3.05, 3.63) is 0 Å². The normalized spacial score (nSPS) is 49.8. The third-order valence-corrected chi connectivity index (χ3v) is 5.09. The molecule has 13 heavy (non-hydrogen) atoms. The summed E-state index contributed by atoms with van der Waals surface area (Å²) in [4.78, 5) is 0. The molecular formula is C13H22. The molecule has 74 valence electrons. The lowest BCUT2D eigenvalue weighted by molar-refractivity contribution is 0.285. The Morgan fingerprint density at radius 1 is 0.538 bits per heavy atom. The molecular weight excluding hydrogens is 156 g/mol.